The van der Waals surface area contributed by atoms with E-state index in [1.807, 2.05) is 12.1 Å². The molecule has 0 aromatic heterocycles. The fourth-order valence-electron chi connectivity index (χ4n) is 6.43. The Morgan fingerprint density at radius 2 is 1.63 bits per heavy atom. The zero-order chi connectivity index (χ0) is 18.6. The number of benzene rings is 2. The van der Waals surface area contributed by atoms with Crippen LogP contribution >= 0.6 is 11.6 Å². The Morgan fingerprint density at radius 3 is 2.22 bits per heavy atom. The second kappa shape index (κ2) is 6.38. The summed E-state index contributed by atoms with van der Waals surface area (Å²) in [6, 6.07) is 13.9. The molecular weight excluding hydrogens is 354 g/mol. The van der Waals surface area contributed by atoms with Crippen molar-refractivity contribution in [3.05, 3.63) is 64.2 Å². The number of amides is 1. The molecule has 0 saturated heterocycles. The average molecular weight is 380 g/mol. The van der Waals surface area contributed by atoms with E-state index in [0.717, 1.165) is 29.0 Å². The summed E-state index contributed by atoms with van der Waals surface area (Å²) in [5, 5.41) is 3.53. The summed E-state index contributed by atoms with van der Waals surface area (Å²) in [5.74, 6) is 2.68. The quantitative estimate of drug-likeness (QED) is 0.659. The van der Waals surface area contributed by atoms with Crippen LogP contribution in [0, 0.1) is 24.7 Å². The van der Waals surface area contributed by atoms with Gasteiger partial charge in [-0.1, -0.05) is 35.9 Å². The number of rotatable bonds is 3. The molecule has 4 aliphatic rings. The largest absolute Gasteiger partial charge is 0.322 e. The molecule has 0 unspecified atom stereocenters. The summed E-state index contributed by atoms with van der Waals surface area (Å²) in [5.41, 5.74) is 4.43. The number of anilines is 1. The standard InChI is InChI=1S/C24H26ClNO/c1-15-8-19(24-12-16-9-17(13-24)11-18(10-16)14-24)6-7-22(15)26-23(27)20-4-2-3-5-21(20)25/h2-8,16-18H,9-14H2,1H3,(H,26,27). The van der Waals surface area contributed by atoms with Gasteiger partial charge in [0.25, 0.3) is 5.91 Å². The molecular formula is C24H26ClNO. The first-order valence-corrected chi connectivity index (χ1v) is 10.6. The molecule has 1 N–H and O–H groups in total. The number of aryl methyl sites for hydroxylation is 1. The number of carbonyl (C=O) groups excluding carboxylic acids is 1. The molecule has 3 heteroatoms. The minimum Gasteiger partial charge on any atom is -0.322 e. The van der Waals surface area contributed by atoms with E-state index in [4.69, 9.17) is 11.6 Å². The summed E-state index contributed by atoms with van der Waals surface area (Å²) in [4.78, 5) is 12.6. The van der Waals surface area contributed by atoms with Gasteiger partial charge in [-0.3, -0.25) is 4.79 Å². The van der Waals surface area contributed by atoms with Crippen LogP contribution in [0.25, 0.3) is 0 Å². The van der Waals surface area contributed by atoms with Gasteiger partial charge in [0.05, 0.1) is 10.6 Å². The van der Waals surface area contributed by atoms with Crippen LogP contribution in [0.3, 0.4) is 0 Å². The molecule has 0 spiro atoms. The van der Waals surface area contributed by atoms with Crippen molar-refractivity contribution in [1.29, 1.82) is 0 Å². The Balaban J connectivity index is 1.40. The van der Waals surface area contributed by atoms with Crippen molar-refractivity contribution < 1.29 is 4.79 Å². The van der Waals surface area contributed by atoms with Crippen LogP contribution in [0.5, 0.6) is 0 Å². The minimum atomic E-state index is -0.147. The van der Waals surface area contributed by atoms with Crippen molar-refractivity contribution in [2.24, 2.45) is 17.8 Å². The molecule has 0 aliphatic heterocycles. The lowest BCUT2D eigenvalue weighted by atomic mass is 9.48. The highest BCUT2D eigenvalue weighted by molar-refractivity contribution is 6.34. The van der Waals surface area contributed by atoms with E-state index in [1.165, 1.54) is 44.1 Å². The Morgan fingerprint density at radius 1 is 1.00 bits per heavy atom. The molecule has 4 fully saturated rings. The van der Waals surface area contributed by atoms with Crippen LogP contribution < -0.4 is 5.32 Å². The highest BCUT2D eigenvalue weighted by Gasteiger charge is 2.51. The van der Waals surface area contributed by atoms with Gasteiger partial charge < -0.3 is 5.32 Å². The fraction of sp³-hybridized carbons (Fsp3) is 0.458. The van der Waals surface area contributed by atoms with Crippen molar-refractivity contribution >= 4 is 23.2 Å². The zero-order valence-corrected chi connectivity index (χ0v) is 16.6. The van der Waals surface area contributed by atoms with Gasteiger partial charge in [-0.05, 0) is 97.9 Å². The summed E-state index contributed by atoms with van der Waals surface area (Å²) in [7, 11) is 0. The SMILES string of the molecule is Cc1cc(C23CC4CC(CC(C4)C2)C3)ccc1NC(=O)c1ccccc1Cl. The fourth-order valence-corrected chi connectivity index (χ4v) is 6.65. The van der Waals surface area contributed by atoms with Crippen molar-refractivity contribution in [3.63, 3.8) is 0 Å². The molecule has 2 aromatic carbocycles. The summed E-state index contributed by atoms with van der Waals surface area (Å²) in [6.07, 6.45) is 8.48. The predicted molar refractivity (Wildman–Crippen MR) is 110 cm³/mol. The van der Waals surface area contributed by atoms with E-state index in [0.29, 0.717) is 16.0 Å². The topological polar surface area (TPSA) is 29.1 Å². The number of hydrogen-bond acceptors (Lipinski definition) is 1. The zero-order valence-electron chi connectivity index (χ0n) is 15.8. The third kappa shape index (κ3) is 2.99. The van der Waals surface area contributed by atoms with E-state index in [1.54, 1.807) is 12.1 Å². The van der Waals surface area contributed by atoms with Gasteiger partial charge in [0.2, 0.25) is 0 Å². The molecule has 4 bridgehead atoms. The number of halogens is 1. The maximum absolute atomic E-state index is 12.6. The summed E-state index contributed by atoms with van der Waals surface area (Å²) in [6.45, 7) is 2.10. The van der Waals surface area contributed by atoms with Crippen LogP contribution in [0.1, 0.15) is 60.0 Å². The highest BCUT2D eigenvalue weighted by Crippen LogP contribution is 2.60. The first-order valence-electron chi connectivity index (χ1n) is 10.2. The number of carbonyl (C=O) groups is 1. The Labute approximate surface area is 166 Å². The number of hydrogen-bond donors (Lipinski definition) is 1. The molecule has 2 nitrogen and oxygen atoms in total. The van der Waals surface area contributed by atoms with E-state index < -0.39 is 0 Å². The summed E-state index contributed by atoms with van der Waals surface area (Å²) < 4.78 is 0. The third-order valence-corrected chi connectivity index (χ3v) is 7.57. The second-order valence-electron chi connectivity index (χ2n) is 9.16. The van der Waals surface area contributed by atoms with Gasteiger partial charge in [0.15, 0.2) is 0 Å². The molecule has 2 aromatic rings. The maximum Gasteiger partial charge on any atom is 0.257 e. The lowest BCUT2D eigenvalue weighted by Crippen LogP contribution is -2.48. The smallest absolute Gasteiger partial charge is 0.257 e. The first kappa shape index (κ1) is 17.3. The van der Waals surface area contributed by atoms with Crippen LogP contribution in [0.2, 0.25) is 5.02 Å². The van der Waals surface area contributed by atoms with Gasteiger partial charge in [0, 0.05) is 5.69 Å². The molecule has 4 saturated carbocycles. The van der Waals surface area contributed by atoms with Gasteiger partial charge >= 0.3 is 0 Å². The molecule has 140 valence electrons. The van der Waals surface area contributed by atoms with Crippen molar-refractivity contribution in [1.82, 2.24) is 0 Å². The molecule has 0 heterocycles. The van der Waals surface area contributed by atoms with Crippen LogP contribution in [0.4, 0.5) is 5.69 Å². The van der Waals surface area contributed by atoms with Crippen molar-refractivity contribution in [2.45, 2.75) is 50.9 Å². The van der Waals surface area contributed by atoms with Gasteiger partial charge in [0.1, 0.15) is 0 Å². The third-order valence-electron chi connectivity index (χ3n) is 7.24. The van der Waals surface area contributed by atoms with Gasteiger partial charge in [-0.2, -0.15) is 0 Å². The Hall–Kier alpha value is -1.80. The lowest BCUT2D eigenvalue weighted by molar-refractivity contribution is -0.00520. The Bertz CT molecular complexity index is 868. The first-order chi connectivity index (χ1) is 13.0. The normalized spacial score (nSPS) is 31.1. The van der Waals surface area contributed by atoms with E-state index >= 15 is 0 Å². The van der Waals surface area contributed by atoms with Crippen LogP contribution in [-0.4, -0.2) is 5.91 Å². The molecule has 0 atom stereocenters. The monoisotopic (exact) mass is 379 g/mol. The molecule has 1 amide bonds. The van der Waals surface area contributed by atoms with E-state index in [9.17, 15) is 4.79 Å². The van der Waals surface area contributed by atoms with Crippen molar-refractivity contribution in [3.8, 4) is 0 Å². The van der Waals surface area contributed by atoms with Gasteiger partial charge in [-0.25, -0.2) is 0 Å². The second-order valence-corrected chi connectivity index (χ2v) is 9.57. The average Bonchev–Trinajstić information content (AvgIpc) is 2.62. The van der Waals surface area contributed by atoms with Crippen molar-refractivity contribution in [2.75, 3.05) is 5.32 Å². The van der Waals surface area contributed by atoms with Gasteiger partial charge in [-0.15, -0.1) is 0 Å². The minimum absolute atomic E-state index is 0.147. The Kier molecular flexibility index (Phi) is 4.09. The number of nitrogens with one attached hydrogen (secondary N) is 1. The van der Waals surface area contributed by atoms with Crippen LogP contribution in [0.15, 0.2) is 42.5 Å². The summed E-state index contributed by atoms with van der Waals surface area (Å²) >= 11 is 6.17. The van der Waals surface area contributed by atoms with Crippen LogP contribution in [-0.2, 0) is 5.41 Å². The van der Waals surface area contributed by atoms with E-state index in [-0.39, 0.29) is 5.91 Å². The molecule has 0 radical (unpaired) electrons. The molecule has 27 heavy (non-hydrogen) atoms. The predicted octanol–water partition coefficient (Wildman–Crippen LogP) is 6.37. The lowest BCUT2D eigenvalue weighted by Gasteiger charge is -2.57. The molecule has 4 aliphatic carbocycles. The highest BCUT2D eigenvalue weighted by atomic mass is 35.5. The van der Waals surface area contributed by atoms with E-state index in [2.05, 4.69) is 30.4 Å². The maximum atomic E-state index is 12.6. The molecule has 6 rings (SSSR count).